The van der Waals surface area contributed by atoms with Crippen LogP contribution in [0.5, 0.6) is 0 Å². The summed E-state index contributed by atoms with van der Waals surface area (Å²) in [4.78, 5) is 21.2. The SMILES string of the molecule is Cc1cc(-n2cc(CC(=O)O)nn2)c([N+](=O)[O-])cc1C. The van der Waals surface area contributed by atoms with Gasteiger partial charge in [-0.2, -0.15) is 0 Å². The topological polar surface area (TPSA) is 111 Å². The van der Waals surface area contributed by atoms with Crippen LogP contribution in [0.3, 0.4) is 0 Å². The fourth-order valence-corrected chi connectivity index (χ4v) is 1.77. The molecule has 2 rings (SSSR count). The van der Waals surface area contributed by atoms with E-state index in [-0.39, 0.29) is 23.5 Å². The first kappa shape index (κ1) is 13.7. The highest BCUT2D eigenvalue weighted by atomic mass is 16.6. The number of carbonyl (C=O) groups is 1. The third-order valence-corrected chi connectivity index (χ3v) is 2.91. The van der Waals surface area contributed by atoms with Crippen LogP contribution in [0.25, 0.3) is 5.69 Å². The zero-order valence-corrected chi connectivity index (χ0v) is 10.9. The van der Waals surface area contributed by atoms with E-state index in [0.29, 0.717) is 0 Å². The predicted octanol–water partition coefficient (Wildman–Crippen LogP) is 1.42. The molecule has 0 saturated carbocycles. The summed E-state index contributed by atoms with van der Waals surface area (Å²) in [6.45, 7) is 3.61. The molecule has 1 heterocycles. The summed E-state index contributed by atoms with van der Waals surface area (Å²) in [6, 6.07) is 3.09. The number of aryl methyl sites for hydroxylation is 2. The molecule has 0 aliphatic carbocycles. The summed E-state index contributed by atoms with van der Waals surface area (Å²) in [5.74, 6) is -1.04. The number of nitro benzene ring substituents is 1. The van der Waals surface area contributed by atoms with Gasteiger partial charge in [-0.25, -0.2) is 4.68 Å². The van der Waals surface area contributed by atoms with E-state index in [1.54, 1.807) is 13.0 Å². The first-order chi connectivity index (χ1) is 9.38. The van der Waals surface area contributed by atoms with Gasteiger partial charge in [0.15, 0.2) is 0 Å². The third kappa shape index (κ3) is 2.63. The number of hydrogen-bond acceptors (Lipinski definition) is 5. The lowest BCUT2D eigenvalue weighted by Gasteiger charge is -2.06. The van der Waals surface area contributed by atoms with E-state index in [9.17, 15) is 14.9 Å². The van der Waals surface area contributed by atoms with E-state index < -0.39 is 10.9 Å². The van der Waals surface area contributed by atoms with E-state index in [1.165, 1.54) is 16.9 Å². The van der Waals surface area contributed by atoms with E-state index in [1.807, 2.05) is 6.92 Å². The highest BCUT2D eigenvalue weighted by Gasteiger charge is 2.18. The van der Waals surface area contributed by atoms with Gasteiger partial charge in [0, 0.05) is 6.07 Å². The molecule has 0 atom stereocenters. The summed E-state index contributed by atoms with van der Waals surface area (Å²) in [7, 11) is 0. The van der Waals surface area contributed by atoms with Crippen molar-refractivity contribution >= 4 is 11.7 Å². The highest BCUT2D eigenvalue weighted by Crippen LogP contribution is 2.26. The van der Waals surface area contributed by atoms with Crippen molar-refractivity contribution in [2.75, 3.05) is 0 Å². The fourth-order valence-electron chi connectivity index (χ4n) is 1.77. The fraction of sp³-hybridized carbons (Fsp3) is 0.250. The Labute approximate surface area is 113 Å². The molecule has 8 heteroatoms. The molecule has 1 aromatic carbocycles. The second-order valence-corrected chi connectivity index (χ2v) is 4.41. The summed E-state index contributed by atoms with van der Waals surface area (Å²) in [6.07, 6.45) is 1.10. The Morgan fingerprint density at radius 3 is 2.65 bits per heavy atom. The smallest absolute Gasteiger partial charge is 0.309 e. The largest absolute Gasteiger partial charge is 0.481 e. The monoisotopic (exact) mass is 276 g/mol. The second kappa shape index (κ2) is 5.08. The second-order valence-electron chi connectivity index (χ2n) is 4.41. The summed E-state index contributed by atoms with van der Waals surface area (Å²) in [5.41, 5.74) is 2.08. The van der Waals surface area contributed by atoms with Crippen LogP contribution in [-0.2, 0) is 11.2 Å². The number of nitro groups is 1. The van der Waals surface area contributed by atoms with Crippen LogP contribution in [0.15, 0.2) is 18.3 Å². The lowest BCUT2D eigenvalue weighted by molar-refractivity contribution is -0.384. The molecule has 0 amide bonds. The van der Waals surface area contributed by atoms with Crippen LogP contribution in [0, 0.1) is 24.0 Å². The first-order valence-corrected chi connectivity index (χ1v) is 5.77. The van der Waals surface area contributed by atoms with E-state index in [4.69, 9.17) is 5.11 Å². The molecule has 0 saturated heterocycles. The van der Waals surface area contributed by atoms with Crippen LogP contribution in [0.2, 0.25) is 0 Å². The summed E-state index contributed by atoms with van der Waals surface area (Å²) in [5, 5.41) is 27.2. The number of aromatic nitrogens is 3. The maximum Gasteiger partial charge on any atom is 0.309 e. The van der Waals surface area contributed by atoms with Crippen molar-refractivity contribution in [3.05, 3.63) is 45.3 Å². The molecule has 0 aliphatic heterocycles. The Morgan fingerprint density at radius 2 is 2.05 bits per heavy atom. The van der Waals surface area contributed by atoms with Gasteiger partial charge >= 0.3 is 5.97 Å². The Balaban J connectivity index is 2.51. The van der Waals surface area contributed by atoms with E-state index in [0.717, 1.165) is 11.1 Å². The van der Waals surface area contributed by atoms with Gasteiger partial charge in [0.25, 0.3) is 5.69 Å². The van der Waals surface area contributed by atoms with Gasteiger partial charge in [-0.1, -0.05) is 5.21 Å². The van der Waals surface area contributed by atoms with Crippen molar-refractivity contribution in [2.45, 2.75) is 20.3 Å². The quantitative estimate of drug-likeness (QED) is 0.667. The lowest BCUT2D eigenvalue weighted by Crippen LogP contribution is -2.03. The van der Waals surface area contributed by atoms with Gasteiger partial charge in [0.2, 0.25) is 0 Å². The highest BCUT2D eigenvalue weighted by molar-refractivity contribution is 5.69. The number of carboxylic acid groups (broad SMARTS) is 1. The molecule has 0 bridgehead atoms. The van der Waals surface area contributed by atoms with Crippen LogP contribution in [-0.4, -0.2) is 31.0 Å². The van der Waals surface area contributed by atoms with E-state index in [2.05, 4.69) is 10.3 Å². The van der Waals surface area contributed by atoms with Crippen molar-refractivity contribution < 1.29 is 14.8 Å². The van der Waals surface area contributed by atoms with E-state index >= 15 is 0 Å². The van der Waals surface area contributed by atoms with Gasteiger partial charge in [0.1, 0.15) is 5.69 Å². The average Bonchev–Trinajstić information content (AvgIpc) is 2.79. The number of benzene rings is 1. The molecule has 0 fully saturated rings. The summed E-state index contributed by atoms with van der Waals surface area (Å²) >= 11 is 0. The molecule has 20 heavy (non-hydrogen) atoms. The molecule has 1 aromatic heterocycles. The van der Waals surface area contributed by atoms with Gasteiger partial charge in [-0.15, -0.1) is 5.10 Å². The third-order valence-electron chi connectivity index (χ3n) is 2.91. The Bertz CT molecular complexity index is 693. The molecule has 2 aromatic rings. The minimum atomic E-state index is -1.04. The Hall–Kier alpha value is -2.77. The van der Waals surface area contributed by atoms with Crippen LogP contribution < -0.4 is 0 Å². The maximum atomic E-state index is 11.1. The first-order valence-electron chi connectivity index (χ1n) is 5.77. The minimum Gasteiger partial charge on any atom is -0.481 e. The zero-order valence-electron chi connectivity index (χ0n) is 10.9. The van der Waals surface area contributed by atoms with Gasteiger partial charge in [-0.3, -0.25) is 14.9 Å². The molecule has 8 nitrogen and oxygen atoms in total. The average molecular weight is 276 g/mol. The van der Waals surface area contributed by atoms with Crippen molar-refractivity contribution in [1.29, 1.82) is 0 Å². The molecular formula is C12H12N4O4. The number of aliphatic carboxylic acids is 1. The lowest BCUT2D eigenvalue weighted by atomic mass is 10.1. The number of rotatable bonds is 4. The van der Waals surface area contributed by atoms with Crippen molar-refractivity contribution in [2.24, 2.45) is 0 Å². The number of hydrogen-bond donors (Lipinski definition) is 1. The minimum absolute atomic E-state index is 0.0973. The van der Waals surface area contributed by atoms with Gasteiger partial charge in [-0.05, 0) is 31.0 Å². The molecule has 0 unspecified atom stereocenters. The van der Waals surface area contributed by atoms with Crippen LogP contribution >= 0.6 is 0 Å². The molecule has 0 spiro atoms. The number of nitrogens with zero attached hydrogens (tertiary/aromatic N) is 4. The van der Waals surface area contributed by atoms with Crippen molar-refractivity contribution in [1.82, 2.24) is 15.0 Å². The van der Waals surface area contributed by atoms with Crippen LogP contribution in [0.1, 0.15) is 16.8 Å². The predicted molar refractivity (Wildman–Crippen MR) is 68.8 cm³/mol. The van der Waals surface area contributed by atoms with Crippen molar-refractivity contribution in [3.63, 3.8) is 0 Å². The molecule has 0 radical (unpaired) electrons. The summed E-state index contributed by atoms with van der Waals surface area (Å²) < 4.78 is 1.23. The van der Waals surface area contributed by atoms with Gasteiger partial charge < -0.3 is 5.11 Å². The van der Waals surface area contributed by atoms with Crippen LogP contribution in [0.4, 0.5) is 5.69 Å². The Kier molecular flexibility index (Phi) is 3.47. The standard InChI is InChI=1S/C12H12N4O4/c1-7-3-10(11(16(19)20)4-8(7)2)15-6-9(13-14-15)5-12(17)18/h3-4,6H,5H2,1-2H3,(H,17,18). The molecular weight excluding hydrogens is 264 g/mol. The molecule has 1 N–H and O–H groups in total. The van der Waals surface area contributed by atoms with Crippen molar-refractivity contribution in [3.8, 4) is 5.69 Å². The van der Waals surface area contributed by atoms with Gasteiger partial charge in [0.05, 0.1) is 23.2 Å². The molecule has 0 aliphatic rings. The molecule has 104 valence electrons. The normalized spacial score (nSPS) is 10.5. The maximum absolute atomic E-state index is 11.1. The number of carboxylic acids is 1. The Morgan fingerprint density at radius 1 is 1.40 bits per heavy atom. The zero-order chi connectivity index (χ0) is 14.9.